The molecule has 2 aromatic heterocycles. The van der Waals surface area contributed by atoms with Crippen LogP contribution in [-0.2, 0) is 6.18 Å². The molecular formula is C14H17F3N6. The quantitative estimate of drug-likeness (QED) is 0.937. The molecule has 9 heteroatoms. The summed E-state index contributed by atoms with van der Waals surface area (Å²) in [5.41, 5.74) is 0.0893. The molecule has 0 unspecified atom stereocenters. The first-order valence-corrected chi connectivity index (χ1v) is 7.81. The molecule has 1 N–H and O–H groups in total. The first-order valence-electron chi connectivity index (χ1n) is 7.81. The van der Waals surface area contributed by atoms with Gasteiger partial charge in [0, 0.05) is 25.2 Å². The maximum absolute atomic E-state index is 12.9. The van der Waals surface area contributed by atoms with E-state index in [9.17, 15) is 13.2 Å². The third-order valence-corrected chi connectivity index (χ3v) is 4.46. The van der Waals surface area contributed by atoms with E-state index >= 15 is 0 Å². The zero-order valence-electron chi connectivity index (χ0n) is 12.4. The van der Waals surface area contributed by atoms with Gasteiger partial charge >= 0.3 is 6.18 Å². The molecular weight excluding hydrogens is 309 g/mol. The van der Waals surface area contributed by atoms with Gasteiger partial charge in [-0.3, -0.25) is 0 Å². The average Bonchev–Trinajstić information content (AvgIpc) is 3.26. The number of hydrogen-bond donors (Lipinski definition) is 1. The molecule has 0 bridgehead atoms. The lowest BCUT2D eigenvalue weighted by molar-refractivity contribution is -0.146. The van der Waals surface area contributed by atoms with Crippen molar-refractivity contribution in [1.29, 1.82) is 0 Å². The molecule has 1 aliphatic heterocycles. The SMILES string of the molecule is FC(F)(F)c1nnc2ccc(NC3CCN(C4CC4)CC3)nn12. The Morgan fingerprint density at radius 2 is 1.78 bits per heavy atom. The number of fused-ring (bicyclic) bond motifs is 1. The van der Waals surface area contributed by atoms with Crippen LogP contribution in [0, 0.1) is 0 Å². The van der Waals surface area contributed by atoms with Crippen LogP contribution in [-0.4, -0.2) is 49.9 Å². The zero-order valence-corrected chi connectivity index (χ0v) is 12.4. The highest BCUT2D eigenvalue weighted by molar-refractivity contribution is 5.44. The number of nitrogens with one attached hydrogen (secondary N) is 1. The minimum Gasteiger partial charge on any atom is -0.366 e. The molecule has 2 fully saturated rings. The van der Waals surface area contributed by atoms with E-state index in [0.29, 0.717) is 5.82 Å². The topological polar surface area (TPSA) is 58.4 Å². The molecule has 4 rings (SSSR count). The Labute approximate surface area is 130 Å². The van der Waals surface area contributed by atoms with Gasteiger partial charge in [-0.2, -0.15) is 17.7 Å². The van der Waals surface area contributed by atoms with E-state index in [1.165, 1.54) is 18.9 Å². The standard InChI is InChI=1S/C14H17F3N6/c15-14(16,17)13-20-19-12-4-3-11(21-23(12)13)18-9-5-7-22(8-6-9)10-1-2-10/h3-4,9-10H,1-2,5-8H2,(H,18,21). The van der Waals surface area contributed by atoms with E-state index in [4.69, 9.17) is 0 Å². The van der Waals surface area contributed by atoms with Crippen LogP contribution < -0.4 is 5.32 Å². The highest BCUT2D eigenvalue weighted by atomic mass is 19.4. The fraction of sp³-hybridized carbons (Fsp3) is 0.643. The molecule has 0 spiro atoms. The van der Waals surface area contributed by atoms with Crippen LogP contribution in [0.3, 0.4) is 0 Å². The Kier molecular flexibility index (Phi) is 3.40. The Morgan fingerprint density at radius 1 is 1.04 bits per heavy atom. The summed E-state index contributed by atoms with van der Waals surface area (Å²) in [6.07, 6.45) is -0.0238. The van der Waals surface area contributed by atoms with Crippen LogP contribution in [0.5, 0.6) is 0 Å². The third-order valence-electron chi connectivity index (χ3n) is 4.46. The summed E-state index contributed by atoms with van der Waals surface area (Å²) in [6, 6.07) is 4.14. The van der Waals surface area contributed by atoms with E-state index in [1.807, 2.05) is 0 Å². The van der Waals surface area contributed by atoms with Crippen molar-refractivity contribution >= 4 is 11.5 Å². The molecule has 1 saturated carbocycles. The highest BCUT2D eigenvalue weighted by Gasteiger charge is 2.38. The molecule has 124 valence electrons. The van der Waals surface area contributed by atoms with Gasteiger partial charge in [0.1, 0.15) is 5.82 Å². The fourth-order valence-corrected chi connectivity index (χ4v) is 3.10. The lowest BCUT2D eigenvalue weighted by Gasteiger charge is -2.32. The maximum Gasteiger partial charge on any atom is 0.453 e. The highest BCUT2D eigenvalue weighted by Crippen LogP contribution is 2.30. The number of hydrogen-bond acceptors (Lipinski definition) is 5. The summed E-state index contributed by atoms with van der Waals surface area (Å²) in [5, 5.41) is 13.9. The van der Waals surface area contributed by atoms with Crippen LogP contribution in [0.25, 0.3) is 5.65 Å². The van der Waals surface area contributed by atoms with E-state index in [2.05, 4.69) is 25.5 Å². The van der Waals surface area contributed by atoms with Crippen molar-refractivity contribution in [2.24, 2.45) is 0 Å². The predicted octanol–water partition coefficient (Wildman–Crippen LogP) is 2.18. The second kappa shape index (κ2) is 5.33. The van der Waals surface area contributed by atoms with Crippen LogP contribution in [0.1, 0.15) is 31.5 Å². The molecule has 0 aromatic carbocycles. The van der Waals surface area contributed by atoms with Gasteiger partial charge in [-0.25, -0.2) is 0 Å². The van der Waals surface area contributed by atoms with Crippen LogP contribution >= 0.6 is 0 Å². The zero-order chi connectivity index (χ0) is 16.0. The van der Waals surface area contributed by atoms with E-state index in [0.717, 1.165) is 36.5 Å². The molecule has 0 amide bonds. The first-order chi connectivity index (χ1) is 11.0. The van der Waals surface area contributed by atoms with Gasteiger partial charge in [0.2, 0.25) is 0 Å². The molecule has 6 nitrogen and oxygen atoms in total. The van der Waals surface area contributed by atoms with Crippen LogP contribution in [0.2, 0.25) is 0 Å². The van der Waals surface area contributed by atoms with Crippen LogP contribution in [0.4, 0.5) is 19.0 Å². The minimum absolute atomic E-state index is 0.0893. The number of alkyl halides is 3. The van der Waals surface area contributed by atoms with Gasteiger partial charge in [-0.1, -0.05) is 0 Å². The summed E-state index contributed by atoms with van der Waals surface area (Å²) in [4.78, 5) is 2.50. The number of aromatic nitrogens is 4. The molecule has 0 atom stereocenters. The largest absolute Gasteiger partial charge is 0.453 e. The van der Waals surface area contributed by atoms with Crippen molar-refractivity contribution in [2.45, 2.75) is 43.9 Å². The molecule has 2 aromatic rings. The van der Waals surface area contributed by atoms with Crippen molar-refractivity contribution in [3.05, 3.63) is 18.0 Å². The summed E-state index contributed by atoms with van der Waals surface area (Å²) >= 11 is 0. The van der Waals surface area contributed by atoms with Crippen molar-refractivity contribution in [2.75, 3.05) is 18.4 Å². The Balaban J connectivity index is 1.48. The van der Waals surface area contributed by atoms with Crippen molar-refractivity contribution in [3.63, 3.8) is 0 Å². The van der Waals surface area contributed by atoms with E-state index in [-0.39, 0.29) is 11.7 Å². The number of nitrogens with zero attached hydrogens (tertiary/aromatic N) is 5. The second-order valence-electron chi connectivity index (χ2n) is 6.20. The third kappa shape index (κ3) is 2.97. The number of rotatable bonds is 3. The van der Waals surface area contributed by atoms with Gasteiger partial charge in [-0.05, 0) is 37.8 Å². The molecule has 23 heavy (non-hydrogen) atoms. The van der Waals surface area contributed by atoms with Gasteiger partial charge in [0.15, 0.2) is 5.65 Å². The lowest BCUT2D eigenvalue weighted by atomic mass is 10.1. The van der Waals surface area contributed by atoms with Crippen LogP contribution in [0.15, 0.2) is 12.1 Å². The minimum atomic E-state index is -4.57. The number of anilines is 1. The lowest BCUT2D eigenvalue weighted by Crippen LogP contribution is -2.40. The van der Waals surface area contributed by atoms with Gasteiger partial charge in [0.05, 0.1) is 0 Å². The fourth-order valence-electron chi connectivity index (χ4n) is 3.10. The second-order valence-corrected chi connectivity index (χ2v) is 6.20. The number of halogens is 3. The van der Waals surface area contributed by atoms with Crippen molar-refractivity contribution < 1.29 is 13.2 Å². The summed E-state index contributed by atoms with van der Waals surface area (Å²) in [7, 11) is 0. The molecule has 3 heterocycles. The van der Waals surface area contributed by atoms with Gasteiger partial charge < -0.3 is 10.2 Å². The smallest absolute Gasteiger partial charge is 0.366 e. The monoisotopic (exact) mass is 326 g/mol. The van der Waals surface area contributed by atoms with E-state index in [1.54, 1.807) is 6.07 Å². The molecule has 1 aliphatic carbocycles. The molecule has 2 aliphatic rings. The average molecular weight is 326 g/mol. The maximum atomic E-state index is 12.9. The Bertz CT molecular complexity index is 700. The Hall–Kier alpha value is -1.90. The number of likely N-dealkylation sites (tertiary alicyclic amines) is 1. The molecule has 0 radical (unpaired) electrons. The van der Waals surface area contributed by atoms with Gasteiger partial charge in [0.25, 0.3) is 5.82 Å². The summed E-state index contributed by atoms with van der Waals surface area (Å²) in [5.74, 6) is -0.674. The Morgan fingerprint density at radius 3 is 2.43 bits per heavy atom. The van der Waals surface area contributed by atoms with E-state index < -0.39 is 12.0 Å². The summed E-state index contributed by atoms with van der Waals surface area (Å²) < 4.78 is 39.4. The van der Waals surface area contributed by atoms with Gasteiger partial charge in [-0.15, -0.1) is 15.3 Å². The van der Waals surface area contributed by atoms with Crippen molar-refractivity contribution in [3.8, 4) is 0 Å². The van der Waals surface area contributed by atoms with Crippen molar-refractivity contribution in [1.82, 2.24) is 24.7 Å². The summed E-state index contributed by atoms with van der Waals surface area (Å²) in [6.45, 7) is 2.07. The predicted molar refractivity (Wildman–Crippen MR) is 77.0 cm³/mol. The normalized spacial score (nSPS) is 21.0. The first kappa shape index (κ1) is 14.7. The number of piperidine rings is 1. The molecule has 1 saturated heterocycles.